The van der Waals surface area contributed by atoms with Gasteiger partial charge in [0.1, 0.15) is 0 Å². The van der Waals surface area contributed by atoms with E-state index >= 15 is 0 Å². The van der Waals surface area contributed by atoms with Crippen LogP contribution in [0, 0.1) is 0 Å². The molecule has 1 aromatic rings. The highest BCUT2D eigenvalue weighted by atomic mass is 35.5. The Morgan fingerprint density at radius 1 is 1.40 bits per heavy atom. The van der Waals surface area contributed by atoms with Crippen LogP contribution in [0.25, 0.3) is 0 Å². The lowest BCUT2D eigenvalue weighted by atomic mass is 9.93. The number of carbonyl (C=O) groups excluding carboxylic acids is 1. The van der Waals surface area contributed by atoms with E-state index in [-0.39, 0.29) is 24.4 Å². The number of amides is 1. The van der Waals surface area contributed by atoms with Crippen molar-refractivity contribution < 1.29 is 4.79 Å². The summed E-state index contributed by atoms with van der Waals surface area (Å²) in [7, 11) is 0. The van der Waals surface area contributed by atoms with Crippen molar-refractivity contribution >= 4 is 18.3 Å². The SMILES string of the molecule is Cl.NCCCCCCC(=O)NC1CCCc2cn[nH]c21. The molecule has 2 rings (SSSR count). The number of fused-ring (bicyclic) bond motifs is 1. The number of aromatic amines is 1. The van der Waals surface area contributed by atoms with Gasteiger partial charge in [-0.3, -0.25) is 9.89 Å². The van der Waals surface area contributed by atoms with Crippen molar-refractivity contribution in [3.63, 3.8) is 0 Å². The monoisotopic (exact) mass is 300 g/mol. The summed E-state index contributed by atoms with van der Waals surface area (Å²) >= 11 is 0. The van der Waals surface area contributed by atoms with E-state index in [1.165, 1.54) is 5.56 Å². The molecule has 1 unspecified atom stereocenters. The van der Waals surface area contributed by atoms with Gasteiger partial charge in [0, 0.05) is 6.42 Å². The minimum atomic E-state index is 0. The van der Waals surface area contributed by atoms with E-state index in [0.29, 0.717) is 6.42 Å². The minimum Gasteiger partial charge on any atom is -0.348 e. The quantitative estimate of drug-likeness (QED) is 0.675. The molecular weight excluding hydrogens is 276 g/mol. The minimum absolute atomic E-state index is 0. The van der Waals surface area contributed by atoms with E-state index in [2.05, 4.69) is 15.5 Å². The Balaban J connectivity index is 0.00000200. The number of aromatic nitrogens is 2. The number of unbranched alkanes of at least 4 members (excludes halogenated alkanes) is 3. The standard InChI is InChI=1S/C14H24N4O.ClH/c15-9-4-2-1-3-8-13(19)17-12-7-5-6-11-10-16-18-14(11)12;/h10,12H,1-9,15H2,(H,16,18)(H,17,19);1H. The van der Waals surface area contributed by atoms with Crippen molar-refractivity contribution in [3.8, 4) is 0 Å². The zero-order valence-corrected chi connectivity index (χ0v) is 12.7. The lowest BCUT2D eigenvalue weighted by molar-refractivity contribution is -0.122. The van der Waals surface area contributed by atoms with Gasteiger partial charge in [-0.15, -0.1) is 12.4 Å². The van der Waals surface area contributed by atoms with Crippen molar-refractivity contribution in [3.05, 3.63) is 17.5 Å². The summed E-state index contributed by atoms with van der Waals surface area (Å²) in [6.07, 6.45) is 9.91. The Labute approximate surface area is 126 Å². The molecule has 0 spiro atoms. The molecule has 1 aromatic heterocycles. The topological polar surface area (TPSA) is 83.8 Å². The van der Waals surface area contributed by atoms with Crippen molar-refractivity contribution in [2.24, 2.45) is 5.73 Å². The molecule has 1 heterocycles. The first-order chi connectivity index (χ1) is 9.31. The summed E-state index contributed by atoms with van der Waals surface area (Å²) in [5.74, 6) is 0.153. The van der Waals surface area contributed by atoms with Crippen LogP contribution in [0.1, 0.15) is 62.2 Å². The van der Waals surface area contributed by atoms with Crippen LogP contribution in [0.15, 0.2) is 6.20 Å². The number of nitrogens with two attached hydrogens (primary N) is 1. The van der Waals surface area contributed by atoms with Gasteiger partial charge in [0.15, 0.2) is 0 Å². The Morgan fingerprint density at radius 3 is 3.00 bits per heavy atom. The Morgan fingerprint density at radius 2 is 2.20 bits per heavy atom. The number of halogens is 1. The number of carbonyl (C=O) groups is 1. The van der Waals surface area contributed by atoms with Crippen molar-refractivity contribution in [1.29, 1.82) is 0 Å². The van der Waals surface area contributed by atoms with E-state index in [1.807, 2.05) is 6.20 Å². The molecule has 114 valence electrons. The second-order valence-electron chi connectivity index (χ2n) is 5.27. The molecule has 0 aliphatic heterocycles. The predicted molar refractivity (Wildman–Crippen MR) is 81.8 cm³/mol. The van der Waals surface area contributed by atoms with Crippen molar-refractivity contribution in [2.75, 3.05) is 6.54 Å². The Kier molecular flexibility index (Phi) is 7.62. The maximum absolute atomic E-state index is 11.9. The summed E-state index contributed by atoms with van der Waals surface area (Å²) in [5, 5.41) is 10.2. The summed E-state index contributed by atoms with van der Waals surface area (Å²) in [6.45, 7) is 0.747. The summed E-state index contributed by atoms with van der Waals surface area (Å²) in [4.78, 5) is 11.9. The molecule has 4 N–H and O–H groups in total. The third-order valence-electron chi connectivity index (χ3n) is 3.73. The maximum atomic E-state index is 11.9. The smallest absolute Gasteiger partial charge is 0.220 e. The van der Waals surface area contributed by atoms with E-state index in [1.54, 1.807) is 0 Å². The fourth-order valence-electron chi connectivity index (χ4n) is 2.66. The Bertz CT molecular complexity index is 408. The van der Waals surface area contributed by atoms with Gasteiger partial charge in [0.25, 0.3) is 0 Å². The highest BCUT2D eigenvalue weighted by molar-refractivity contribution is 5.85. The third-order valence-corrected chi connectivity index (χ3v) is 3.73. The summed E-state index contributed by atoms with van der Waals surface area (Å²) < 4.78 is 0. The van der Waals surface area contributed by atoms with Crippen LogP contribution < -0.4 is 11.1 Å². The van der Waals surface area contributed by atoms with Gasteiger partial charge in [-0.2, -0.15) is 5.10 Å². The molecule has 1 atom stereocenters. The number of H-pyrrole nitrogens is 1. The van der Waals surface area contributed by atoms with Crippen LogP contribution in [-0.2, 0) is 11.2 Å². The van der Waals surface area contributed by atoms with Gasteiger partial charge in [-0.25, -0.2) is 0 Å². The van der Waals surface area contributed by atoms with Crippen molar-refractivity contribution in [1.82, 2.24) is 15.5 Å². The van der Waals surface area contributed by atoms with Crippen LogP contribution in [0.3, 0.4) is 0 Å². The average Bonchev–Trinajstić information content (AvgIpc) is 2.88. The van der Waals surface area contributed by atoms with E-state index < -0.39 is 0 Å². The number of aryl methyl sites for hydroxylation is 1. The number of hydrogen-bond acceptors (Lipinski definition) is 3. The fourth-order valence-corrected chi connectivity index (χ4v) is 2.66. The summed E-state index contributed by atoms with van der Waals surface area (Å²) in [5.41, 5.74) is 7.79. The largest absolute Gasteiger partial charge is 0.348 e. The van der Waals surface area contributed by atoms with Gasteiger partial charge >= 0.3 is 0 Å². The molecule has 20 heavy (non-hydrogen) atoms. The highest BCUT2D eigenvalue weighted by Crippen LogP contribution is 2.27. The molecular formula is C14H25ClN4O. The number of hydrogen-bond donors (Lipinski definition) is 3. The first kappa shape index (κ1) is 17.0. The lowest BCUT2D eigenvalue weighted by Crippen LogP contribution is -2.30. The fraction of sp³-hybridized carbons (Fsp3) is 0.714. The van der Waals surface area contributed by atoms with Gasteiger partial charge in [-0.1, -0.05) is 12.8 Å². The average molecular weight is 301 g/mol. The number of nitrogens with one attached hydrogen (secondary N) is 2. The molecule has 0 bridgehead atoms. The molecule has 1 aliphatic rings. The molecule has 6 heteroatoms. The normalized spacial score (nSPS) is 17.1. The van der Waals surface area contributed by atoms with Gasteiger partial charge in [-0.05, 0) is 44.2 Å². The van der Waals surface area contributed by atoms with Crippen LogP contribution in [0.4, 0.5) is 0 Å². The first-order valence-corrected chi connectivity index (χ1v) is 7.33. The Hall–Kier alpha value is -1.07. The molecule has 0 aromatic carbocycles. The van der Waals surface area contributed by atoms with E-state index in [9.17, 15) is 4.79 Å². The molecule has 0 saturated heterocycles. The molecule has 5 nitrogen and oxygen atoms in total. The zero-order valence-electron chi connectivity index (χ0n) is 11.9. The molecule has 0 fully saturated rings. The number of rotatable bonds is 7. The first-order valence-electron chi connectivity index (χ1n) is 7.33. The second-order valence-corrected chi connectivity index (χ2v) is 5.27. The predicted octanol–water partition coefficient (Wildman–Crippen LogP) is 2.23. The highest BCUT2D eigenvalue weighted by Gasteiger charge is 2.23. The van der Waals surface area contributed by atoms with Gasteiger partial charge in [0.05, 0.1) is 17.9 Å². The maximum Gasteiger partial charge on any atom is 0.220 e. The van der Waals surface area contributed by atoms with Gasteiger partial charge in [0.2, 0.25) is 5.91 Å². The summed E-state index contributed by atoms with van der Waals surface area (Å²) in [6, 6.07) is 0.128. The second kappa shape index (κ2) is 8.97. The molecule has 0 saturated carbocycles. The molecule has 1 amide bonds. The zero-order chi connectivity index (χ0) is 13.5. The molecule has 1 aliphatic carbocycles. The van der Waals surface area contributed by atoms with Crippen LogP contribution in [0.2, 0.25) is 0 Å². The van der Waals surface area contributed by atoms with Crippen LogP contribution in [-0.4, -0.2) is 22.6 Å². The molecule has 0 radical (unpaired) electrons. The van der Waals surface area contributed by atoms with Crippen LogP contribution >= 0.6 is 12.4 Å². The number of nitrogens with zero attached hydrogens (tertiary/aromatic N) is 1. The van der Waals surface area contributed by atoms with Crippen LogP contribution in [0.5, 0.6) is 0 Å². The van der Waals surface area contributed by atoms with E-state index in [0.717, 1.165) is 57.2 Å². The lowest BCUT2D eigenvalue weighted by Gasteiger charge is -2.22. The van der Waals surface area contributed by atoms with E-state index in [4.69, 9.17) is 5.73 Å². The van der Waals surface area contributed by atoms with Gasteiger partial charge < -0.3 is 11.1 Å². The van der Waals surface area contributed by atoms with Crippen molar-refractivity contribution in [2.45, 2.75) is 57.4 Å². The third kappa shape index (κ3) is 4.80.